The highest BCUT2D eigenvalue weighted by atomic mass is 35.5. The van der Waals surface area contributed by atoms with E-state index >= 15 is 0 Å². The molecule has 0 spiro atoms. The van der Waals surface area contributed by atoms with Crippen molar-refractivity contribution in [1.82, 2.24) is 4.72 Å². The van der Waals surface area contributed by atoms with E-state index in [0.29, 0.717) is 28.7 Å². The monoisotopic (exact) mass is 482 g/mol. The summed E-state index contributed by atoms with van der Waals surface area (Å²) in [4.78, 5) is 12.1. The highest BCUT2D eigenvalue weighted by Gasteiger charge is 2.23. The van der Waals surface area contributed by atoms with Gasteiger partial charge in [0.25, 0.3) is 0 Å². The van der Waals surface area contributed by atoms with E-state index in [2.05, 4.69) is 10.0 Å². The Morgan fingerprint density at radius 1 is 1.10 bits per heavy atom. The van der Waals surface area contributed by atoms with Gasteiger partial charge in [0.1, 0.15) is 0 Å². The molecule has 0 fully saturated rings. The number of nitrogens with one attached hydrogen (secondary N) is 2. The van der Waals surface area contributed by atoms with Crippen LogP contribution in [0.2, 0.25) is 5.02 Å². The maximum absolute atomic E-state index is 12.8. The highest BCUT2D eigenvalue weighted by molar-refractivity contribution is 7.89. The number of anilines is 1. The molecule has 1 atom stereocenters. The molecule has 0 aliphatic rings. The third kappa shape index (κ3) is 8.22. The molecule has 0 aliphatic heterocycles. The van der Waals surface area contributed by atoms with Gasteiger partial charge in [-0.1, -0.05) is 55.7 Å². The maximum atomic E-state index is 12.8. The number of benzene rings is 2. The fraction of sp³-hybridized carbons (Fsp3) is 0.364. The molecule has 6 nitrogen and oxygen atoms in total. The molecule has 0 unspecified atom stereocenters. The van der Waals surface area contributed by atoms with Crippen molar-refractivity contribution in [1.29, 1.82) is 0 Å². The number of sulfonamides is 1. The van der Waals surface area contributed by atoms with Crippen molar-refractivity contribution < 1.29 is 17.9 Å². The van der Waals surface area contributed by atoms with E-state index in [1.807, 2.05) is 6.92 Å². The molecule has 2 aromatic rings. The molecule has 2 N–H and O–H groups in total. The van der Waals surface area contributed by atoms with E-state index in [1.165, 1.54) is 24.3 Å². The molecule has 0 amide bonds. The van der Waals surface area contributed by atoms with Crippen LogP contribution in [-0.4, -0.2) is 32.0 Å². The van der Waals surface area contributed by atoms with Crippen LogP contribution in [-0.2, 0) is 26.0 Å². The van der Waals surface area contributed by atoms with Crippen molar-refractivity contribution in [3.8, 4) is 0 Å². The van der Waals surface area contributed by atoms with E-state index in [0.717, 1.165) is 18.4 Å². The summed E-state index contributed by atoms with van der Waals surface area (Å²) in [5, 5.41) is 3.57. The lowest BCUT2D eigenvalue weighted by molar-refractivity contribution is -0.142. The zero-order valence-corrected chi connectivity index (χ0v) is 19.9. The fourth-order valence-corrected chi connectivity index (χ4v) is 4.57. The molecule has 0 saturated heterocycles. The van der Waals surface area contributed by atoms with Gasteiger partial charge in [-0.3, -0.25) is 4.79 Å². The quantitative estimate of drug-likeness (QED) is 0.356. The Labute approximate surface area is 194 Å². The second kappa shape index (κ2) is 12.1. The molecule has 0 saturated carbocycles. The molecule has 0 aliphatic carbocycles. The molecule has 9 heteroatoms. The van der Waals surface area contributed by atoms with Gasteiger partial charge in [0.15, 0.2) is 0 Å². The minimum Gasteiger partial charge on any atom is -0.466 e. The Balaban J connectivity index is 2.08. The van der Waals surface area contributed by atoms with Gasteiger partial charge >= 0.3 is 5.97 Å². The maximum Gasteiger partial charge on any atom is 0.310 e. The summed E-state index contributed by atoms with van der Waals surface area (Å²) in [6.07, 6.45) is 2.48. The molecule has 31 heavy (non-hydrogen) atoms. The van der Waals surface area contributed by atoms with E-state index in [-0.39, 0.29) is 17.3 Å². The van der Waals surface area contributed by atoms with Gasteiger partial charge in [0, 0.05) is 10.7 Å². The van der Waals surface area contributed by atoms with Crippen molar-refractivity contribution in [3.05, 3.63) is 59.1 Å². The minimum atomic E-state index is -3.76. The molecule has 168 valence electrons. The fourth-order valence-electron chi connectivity index (χ4n) is 2.83. The van der Waals surface area contributed by atoms with Gasteiger partial charge < -0.3 is 10.1 Å². The smallest absolute Gasteiger partial charge is 0.310 e. The van der Waals surface area contributed by atoms with E-state index in [1.54, 1.807) is 31.2 Å². The second-order valence-corrected chi connectivity index (χ2v) is 9.53. The number of hydrogen-bond acceptors (Lipinski definition) is 5. The number of thiocarbonyl (C=S) groups is 1. The number of carbonyl (C=O) groups is 1. The van der Waals surface area contributed by atoms with Crippen LogP contribution in [0.25, 0.3) is 0 Å². The van der Waals surface area contributed by atoms with Crippen LogP contribution in [0.5, 0.6) is 0 Å². The molecule has 0 aromatic heterocycles. The number of halogens is 1. The zero-order valence-electron chi connectivity index (χ0n) is 17.6. The summed E-state index contributed by atoms with van der Waals surface area (Å²) in [7, 11) is -3.76. The van der Waals surface area contributed by atoms with Crippen LogP contribution in [0.3, 0.4) is 0 Å². The van der Waals surface area contributed by atoms with Crippen LogP contribution in [0, 0.1) is 0 Å². The summed E-state index contributed by atoms with van der Waals surface area (Å²) in [5.74, 6) is -0.282. The van der Waals surface area contributed by atoms with Crippen LogP contribution in [0.1, 0.15) is 38.7 Å². The molecule has 0 bridgehead atoms. The van der Waals surface area contributed by atoms with E-state index < -0.39 is 16.1 Å². The number of hydrogen-bond donors (Lipinski definition) is 2. The Bertz CT molecular complexity index is 978. The Morgan fingerprint density at radius 3 is 2.32 bits per heavy atom. The van der Waals surface area contributed by atoms with Crippen LogP contribution in [0.4, 0.5) is 5.69 Å². The highest BCUT2D eigenvalue weighted by Crippen LogP contribution is 2.17. The third-order valence-corrected chi connectivity index (χ3v) is 6.59. The van der Waals surface area contributed by atoms with E-state index in [9.17, 15) is 13.2 Å². The topological polar surface area (TPSA) is 84.5 Å². The summed E-state index contributed by atoms with van der Waals surface area (Å²) in [6.45, 7) is 4.14. The number of esters is 1. The first kappa shape index (κ1) is 25.3. The average molecular weight is 483 g/mol. The van der Waals surface area contributed by atoms with Gasteiger partial charge in [-0.15, -0.1) is 0 Å². The Kier molecular flexibility index (Phi) is 9.90. The number of rotatable bonds is 11. The van der Waals surface area contributed by atoms with Crippen molar-refractivity contribution in [2.45, 2.75) is 50.5 Å². The Morgan fingerprint density at radius 2 is 1.74 bits per heavy atom. The minimum absolute atomic E-state index is 0.129. The Hall–Kier alpha value is -2.00. The lowest BCUT2D eigenvalue weighted by Gasteiger charge is -2.21. The zero-order chi connectivity index (χ0) is 22.9. The molecular weight excluding hydrogens is 456 g/mol. The van der Waals surface area contributed by atoms with Crippen molar-refractivity contribution in [2.75, 3.05) is 11.9 Å². The van der Waals surface area contributed by atoms with Crippen LogP contribution in [0.15, 0.2) is 53.4 Å². The summed E-state index contributed by atoms with van der Waals surface area (Å²) in [5.41, 5.74) is 1.53. The predicted molar refractivity (Wildman–Crippen MR) is 128 cm³/mol. The lowest BCUT2D eigenvalue weighted by Crippen LogP contribution is -2.42. The first-order valence-corrected chi connectivity index (χ1v) is 12.4. The van der Waals surface area contributed by atoms with Crippen LogP contribution < -0.4 is 10.0 Å². The normalized spacial score (nSPS) is 12.2. The van der Waals surface area contributed by atoms with Gasteiger partial charge in [-0.25, -0.2) is 13.1 Å². The van der Waals surface area contributed by atoms with Crippen molar-refractivity contribution >= 4 is 50.5 Å². The van der Waals surface area contributed by atoms with Gasteiger partial charge in [-0.2, -0.15) is 0 Å². The van der Waals surface area contributed by atoms with Gasteiger partial charge in [0.05, 0.1) is 29.0 Å². The van der Waals surface area contributed by atoms with E-state index in [4.69, 9.17) is 28.6 Å². The first-order valence-electron chi connectivity index (χ1n) is 10.1. The first-order chi connectivity index (χ1) is 14.7. The number of ether oxygens (including phenoxy) is 1. The van der Waals surface area contributed by atoms with Crippen molar-refractivity contribution in [2.24, 2.45) is 0 Å². The predicted octanol–water partition coefficient (Wildman–Crippen LogP) is 4.72. The molecule has 0 radical (unpaired) electrons. The number of unbranched alkanes of at least 4 members (excludes halogenated alkanes) is 1. The number of carbonyl (C=O) groups excluding carboxylic acids is 1. The van der Waals surface area contributed by atoms with Crippen molar-refractivity contribution in [3.63, 3.8) is 0 Å². The second-order valence-electron chi connectivity index (χ2n) is 6.94. The molecule has 2 aromatic carbocycles. The summed E-state index contributed by atoms with van der Waals surface area (Å²) in [6, 6.07) is 12.6. The van der Waals surface area contributed by atoms with Gasteiger partial charge in [0.2, 0.25) is 10.0 Å². The summed E-state index contributed by atoms with van der Waals surface area (Å²) < 4.78 is 33.2. The molecular formula is C22H27ClN2O4S2. The SMILES string of the molecule is CCCC[C@H](NS(=O)(=O)c1ccc(Cl)cc1)C(=S)Nc1ccc(CC(=O)OCC)cc1. The van der Waals surface area contributed by atoms with Crippen LogP contribution >= 0.6 is 23.8 Å². The summed E-state index contributed by atoms with van der Waals surface area (Å²) >= 11 is 11.4. The standard InChI is InChI=1S/C22H27ClN2O4S2/c1-3-5-6-20(25-31(27,28)19-13-9-17(23)10-14-19)22(30)24-18-11-7-16(8-12-18)15-21(26)29-4-2/h7-14,20,25H,3-6,15H2,1-2H3,(H,24,30)/t20-/m0/s1. The molecule has 2 rings (SSSR count). The van der Waals surface area contributed by atoms with Gasteiger partial charge in [-0.05, 0) is 55.3 Å². The lowest BCUT2D eigenvalue weighted by atomic mass is 10.1. The average Bonchev–Trinajstić information content (AvgIpc) is 2.73. The molecule has 0 heterocycles. The third-order valence-electron chi connectivity index (χ3n) is 4.46. The largest absolute Gasteiger partial charge is 0.466 e.